The number of ether oxygens (including phenoxy) is 7. The van der Waals surface area contributed by atoms with E-state index in [0.717, 1.165) is 33.1 Å². The Hall–Kier alpha value is -3.41. The van der Waals surface area contributed by atoms with Gasteiger partial charge < -0.3 is 33.2 Å². The minimum atomic E-state index is -1.36. The molecule has 0 aromatic rings. The van der Waals surface area contributed by atoms with Gasteiger partial charge in [0.05, 0.1) is 6.26 Å². The minimum Gasteiger partial charge on any atom is -0.468 e. The lowest BCUT2D eigenvalue weighted by atomic mass is 9.98. The molecule has 12 heteroatoms. The summed E-state index contributed by atoms with van der Waals surface area (Å²) >= 11 is 0. The molecule has 0 aliphatic carbocycles. The van der Waals surface area contributed by atoms with E-state index in [4.69, 9.17) is 33.2 Å². The summed E-state index contributed by atoms with van der Waals surface area (Å²) < 4.78 is 37.2. The van der Waals surface area contributed by atoms with Crippen LogP contribution in [0, 0.1) is 0 Å². The van der Waals surface area contributed by atoms with E-state index >= 15 is 0 Å². The Kier molecular flexibility index (Phi) is 11.4. The molecule has 1 fully saturated rings. The van der Waals surface area contributed by atoms with E-state index < -0.39 is 66.2 Å². The summed E-state index contributed by atoms with van der Waals surface area (Å²) in [6, 6.07) is 0. The first-order valence-electron chi connectivity index (χ1n) is 10.7. The van der Waals surface area contributed by atoms with Gasteiger partial charge in [0, 0.05) is 33.8 Å². The van der Waals surface area contributed by atoms with E-state index in [1.807, 2.05) is 0 Å². The zero-order valence-corrected chi connectivity index (χ0v) is 20.8. The van der Waals surface area contributed by atoms with Gasteiger partial charge in [0.15, 0.2) is 12.2 Å². The lowest BCUT2D eigenvalue weighted by Crippen LogP contribution is -2.62. The van der Waals surface area contributed by atoms with Crippen molar-refractivity contribution in [3.63, 3.8) is 0 Å². The van der Waals surface area contributed by atoms with E-state index in [1.165, 1.54) is 19.1 Å². The summed E-state index contributed by atoms with van der Waals surface area (Å²) in [4.78, 5) is 58.3. The first-order chi connectivity index (χ1) is 16.2. The van der Waals surface area contributed by atoms with E-state index in [0.29, 0.717) is 0 Å². The summed E-state index contributed by atoms with van der Waals surface area (Å²) in [7, 11) is 0. The van der Waals surface area contributed by atoms with E-state index in [1.54, 1.807) is 20.8 Å². The largest absolute Gasteiger partial charge is 0.468 e. The molecule has 0 N–H and O–H groups in total. The van der Waals surface area contributed by atoms with Crippen LogP contribution < -0.4 is 0 Å². The van der Waals surface area contributed by atoms with Gasteiger partial charge in [-0.05, 0) is 26.8 Å². The third-order valence-electron chi connectivity index (χ3n) is 3.99. The van der Waals surface area contributed by atoms with Crippen molar-refractivity contribution >= 4 is 29.8 Å². The number of esters is 5. The minimum absolute atomic E-state index is 0.375. The Morgan fingerprint density at radius 1 is 0.771 bits per heavy atom. The predicted molar refractivity (Wildman–Crippen MR) is 117 cm³/mol. The van der Waals surface area contributed by atoms with Crippen molar-refractivity contribution in [2.75, 3.05) is 6.61 Å². The van der Waals surface area contributed by atoms with Crippen LogP contribution in [-0.2, 0) is 57.1 Å². The topological polar surface area (TPSA) is 150 Å². The van der Waals surface area contributed by atoms with E-state index in [-0.39, 0.29) is 6.61 Å². The summed E-state index contributed by atoms with van der Waals surface area (Å²) in [5, 5.41) is 0. The highest BCUT2D eigenvalue weighted by molar-refractivity contribution is 5.82. The molecule has 1 rings (SSSR count). The van der Waals surface area contributed by atoms with Gasteiger partial charge in [-0.1, -0.05) is 6.08 Å². The second-order valence-corrected chi connectivity index (χ2v) is 8.42. The zero-order chi connectivity index (χ0) is 26.8. The fourth-order valence-electron chi connectivity index (χ4n) is 2.94. The highest BCUT2D eigenvalue weighted by atomic mass is 16.7. The highest BCUT2D eigenvalue weighted by Gasteiger charge is 2.53. The number of hydrogen-bond acceptors (Lipinski definition) is 12. The van der Waals surface area contributed by atoms with Gasteiger partial charge in [0.25, 0.3) is 0 Å². The van der Waals surface area contributed by atoms with Gasteiger partial charge >= 0.3 is 29.8 Å². The molecule has 1 heterocycles. The second kappa shape index (κ2) is 13.5. The van der Waals surface area contributed by atoms with E-state index in [9.17, 15) is 24.0 Å². The van der Waals surface area contributed by atoms with Crippen LogP contribution >= 0.6 is 0 Å². The Balaban J connectivity index is 3.17. The summed E-state index contributed by atoms with van der Waals surface area (Å²) in [6.45, 7) is 9.32. The Morgan fingerprint density at radius 2 is 1.31 bits per heavy atom. The van der Waals surface area contributed by atoms with E-state index in [2.05, 4.69) is 0 Å². The number of allylic oxidation sites excluding steroid dienone is 2. The lowest BCUT2D eigenvalue weighted by molar-refractivity contribution is -0.297. The fourth-order valence-corrected chi connectivity index (χ4v) is 2.94. The van der Waals surface area contributed by atoms with Gasteiger partial charge in [-0.3, -0.25) is 19.2 Å². The standard InChI is InChI=1S/C23H32O12/c1-13(24)30-12-17-19(31-14(2)25)20(32-15(3)26)21(33-16(4)27)22(34-17)29-11-9-8-10-18(28)35-23(5,6)7/h8-11,17,19-22H,12H2,1-7H3/b10-8+,11-9+/t17-,19-,20+,21-,22-/m1/s1. The molecular weight excluding hydrogens is 468 g/mol. The highest BCUT2D eigenvalue weighted by Crippen LogP contribution is 2.30. The molecule has 1 saturated heterocycles. The average Bonchev–Trinajstić information content (AvgIpc) is 2.67. The van der Waals surface area contributed by atoms with Crippen LogP contribution in [0.4, 0.5) is 0 Å². The molecule has 0 amide bonds. The fraction of sp³-hybridized carbons (Fsp3) is 0.609. The molecule has 0 radical (unpaired) electrons. The molecule has 0 bridgehead atoms. The first kappa shape index (κ1) is 29.6. The molecule has 0 aromatic carbocycles. The molecule has 12 nitrogen and oxygen atoms in total. The molecular formula is C23H32O12. The monoisotopic (exact) mass is 500 g/mol. The molecule has 0 unspecified atom stereocenters. The second-order valence-electron chi connectivity index (χ2n) is 8.42. The van der Waals surface area contributed by atoms with Crippen molar-refractivity contribution < 1.29 is 57.1 Å². The van der Waals surface area contributed by atoms with Gasteiger partial charge in [0.2, 0.25) is 12.4 Å². The number of carbonyl (C=O) groups excluding carboxylic acids is 5. The van der Waals surface area contributed by atoms with Crippen LogP contribution in [0.3, 0.4) is 0 Å². The number of carbonyl (C=O) groups is 5. The number of hydrogen-bond donors (Lipinski definition) is 0. The maximum absolute atomic E-state index is 11.8. The lowest BCUT2D eigenvalue weighted by Gasteiger charge is -2.43. The molecule has 0 aromatic heterocycles. The molecule has 1 aliphatic heterocycles. The van der Waals surface area contributed by atoms with Crippen LogP contribution in [0.2, 0.25) is 0 Å². The van der Waals surface area contributed by atoms with Crippen LogP contribution in [0.25, 0.3) is 0 Å². The van der Waals surface area contributed by atoms with Crippen molar-refractivity contribution in [2.24, 2.45) is 0 Å². The van der Waals surface area contributed by atoms with Crippen molar-refractivity contribution in [3.8, 4) is 0 Å². The zero-order valence-electron chi connectivity index (χ0n) is 20.8. The summed E-state index contributed by atoms with van der Waals surface area (Å²) in [6.07, 6.45) is -1.47. The third kappa shape index (κ3) is 11.5. The predicted octanol–water partition coefficient (Wildman–Crippen LogP) is 1.50. The SMILES string of the molecule is CC(=O)OC[C@H]1O[C@@H](O/C=C/C=C/C(=O)OC(C)(C)C)[C@H](OC(C)=O)[C@@H](OC(C)=O)[C@@H]1OC(C)=O. The normalized spacial score (nSPS) is 24.5. The van der Waals surface area contributed by atoms with Crippen molar-refractivity contribution in [2.45, 2.75) is 84.8 Å². The molecule has 1 aliphatic rings. The van der Waals surface area contributed by atoms with Gasteiger partial charge in [-0.2, -0.15) is 0 Å². The van der Waals surface area contributed by atoms with Gasteiger partial charge in [-0.15, -0.1) is 0 Å². The first-order valence-corrected chi connectivity index (χ1v) is 10.7. The van der Waals surface area contributed by atoms with Crippen LogP contribution in [0.1, 0.15) is 48.5 Å². The van der Waals surface area contributed by atoms with Gasteiger partial charge in [-0.25, -0.2) is 4.79 Å². The van der Waals surface area contributed by atoms with Crippen LogP contribution in [0.5, 0.6) is 0 Å². The van der Waals surface area contributed by atoms with Crippen LogP contribution in [0.15, 0.2) is 24.5 Å². The smallest absolute Gasteiger partial charge is 0.331 e. The Labute approximate surface area is 203 Å². The maximum atomic E-state index is 11.8. The quantitative estimate of drug-likeness (QED) is 0.148. The summed E-state index contributed by atoms with van der Waals surface area (Å²) in [5.41, 5.74) is -0.657. The Bertz CT molecular complexity index is 838. The molecule has 0 spiro atoms. The summed E-state index contributed by atoms with van der Waals surface area (Å²) in [5.74, 6) is -3.46. The number of rotatable bonds is 9. The Morgan fingerprint density at radius 3 is 1.83 bits per heavy atom. The van der Waals surface area contributed by atoms with Crippen molar-refractivity contribution in [3.05, 3.63) is 24.5 Å². The molecule has 35 heavy (non-hydrogen) atoms. The molecule has 196 valence electrons. The van der Waals surface area contributed by atoms with Crippen molar-refractivity contribution in [1.29, 1.82) is 0 Å². The third-order valence-corrected chi connectivity index (χ3v) is 3.99. The van der Waals surface area contributed by atoms with Crippen molar-refractivity contribution in [1.82, 2.24) is 0 Å². The maximum Gasteiger partial charge on any atom is 0.331 e. The average molecular weight is 500 g/mol. The van der Waals surface area contributed by atoms with Crippen LogP contribution in [-0.4, -0.2) is 72.8 Å². The molecule has 5 atom stereocenters. The molecule has 0 saturated carbocycles. The van der Waals surface area contributed by atoms with Gasteiger partial charge in [0.1, 0.15) is 18.3 Å².